The van der Waals surface area contributed by atoms with Crippen molar-refractivity contribution < 1.29 is 0 Å². The molecular weight excluding hydrogens is 272 g/mol. The van der Waals surface area contributed by atoms with Gasteiger partial charge in [-0.05, 0) is 42.7 Å². The van der Waals surface area contributed by atoms with Crippen molar-refractivity contribution in [2.24, 2.45) is 5.73 Å². The van der Waals surface area contributed by atoms with Crippen LogP contribution in [-0.2, 0) is 19.4 Å². The Bertz CT molecular complexity index is 678. The van der Waals surface area contributed by atoms with E-state index in [9.17, 15) is 4.79 Å². The minimum absolute atomic E-state index is 0. The predicted molar refractivity (Wildman–Crippen MR) is 85.7 cm³/mol. The molecule has 0 aliphatic carbocycles. The van der Waals surface area contributed by atoms with E-state index in [1.807, 2.05) is 10.6 Å². The van der Waals surface area contributed by atoms with Crippen molar-refractivity contribution in [3.8, 4) is 0 Å². The molecule has 0 saturated carbocycles. The van der Waals surface area contributed by atoms with E-state index in [0.717, 1.165) is 36.9 Å². The molecule has 1 aromatic carbocycles. The van der Waals surface area contributed by atoms with Gasteiger partial charge >= 0.3 is 0 Å². The van der Waals surface area contributed by atoms with Gasteiger partial charge in [0.1, 0.15) is 0 Å². The van der Waals surface area contributed by atoms with Gasteiger partial charge in [-0.1, -0.05) is 25.1 Å². The third-order valence-electron chi connectivity index (χ3n) is 4.10. The number of para-hydroxylation sites is 1. The summed E-state index contributed by atoms with van der Waals surface area (Å²) in [6, 6.07) is 8.43. The van der Waals surface area contributed by atoms with Gasteiger partial charge in [-0.3, -0.25) is 4.79 Å². The number of halogens is 1. The minimum Gasteiger partial charge on any atom is -0.327 e. The van der Waals surface area contributed by atoms with Gasteiger partial charge in [-0.25, -0.2) is 0 Å². The van der Waals surface area contributed by atoms with Crippen LogP contribution in [0.3, 0.4) is 0 Å². The first-order chi connectivity index (χ1) is 9.20. The zero-order chi connectivity index (χ0) is 13.4. The third-order valence-corrected chi connectivity index (χ3v) is 4.10. The lowest BCUT2D eigenvalue weighted by atomic mass is 9.98. The number of aryl methyl sites for hydroxylation is 2. The van der Waals surface area contributed by atoms with Gasteiger partial charge < -0.3 is 10.3 Å². The zero-order valence-corrected chi connectivity index (χ0v) is 12.6. The highest BCUT2D eigenvalue weighted by Gasteiger charge is 2.16. The SMILES string of the molecule is CCC(N)Cc1cc2cccc3c2n(c1=O)CCC3.Cl. The van der Waals surface area contributed by atoms with E-state index in [4.69, 9.17) is 5.73 Å². The fourth-order valence-corrected chi connectivity index (χ4v) is 3.00. The summed E-state index contributed by atoms with van der Waals surface area (Å²) in [5, 5.41) is 1.18. The van der Waals surface area contributed by atoms with Crippen molar-refractivity contribution in [1.82, 2.24) is 4.57 Å². The summed E-state index contributed by atoms with van der Waals surface area (Å²) in [4.78, 5) is 12.6. The number of pyridine rings is 1. The Kier molecular flexibility index (Phi) is 4.51. The molecule has 20 heavy (non-hydrogen) atoms. The predicted octanol–water partition coefficient (Wildman–Crippen LogP) is 2.65. The lowest BCUT2D eigenvalue weighted by molar-refractivity contribution is 0.597. The second-order valence-electron chi connectivity index (χ2n) is 5.46. The molecule has 0 spiro atoms. The van der Waals surface area contributed by atoms with Crippen LogP contribution in [0.25, 0.3) is 10.9 Å². The molecule has 1 aliphatic rings. The molecule has 0 radical (unpaired) electrons. The minimum atomic E-state index is 0. The first-order valence-corrected chi connectivity index (χ1v) is 7.10. The Labute approximate surface area is 125 Å². The van der Waals surface area contributed by atoms with E-state index >= 15 is 0 Å². The summed E-state index contributed by atoms with van der Waals surface area (Å²) in [7, 11) is 0. The Morgan fingerprint density at radius 1 is 1.40 bits per heavy atom. The molecule has 4 heteroatoms. The zero-order valence-electron chi connectivity index (χ0n) is 11.8. The van der Waals surface area contributed by atoms with Crippen molar-refractivity contribution in [1.29, 1.82) is 0 Å². The van der Waals surface area contributed by atoms with Gasteiger partial charge in [-0.2, -0.15) is 0 Å². The number of hydrogen-bond acceptors (Lipinski definition) is 2. The van der Waals surface area contributed by atoms with Gasteiger partial charge in [0.2, 0.25) is 0 Å². The molecule has 1 aliphatic heterocycles. The quantitative estimate of drug-likeness (QED) is 0.945. The summed E-state index contributed by atoms with van der Waals surface area (Å²) in [5.41, 5.74) is 9.45. The summed E-state index contributed by atoms with van der Waals surface area (Å²) in [5.74, 6) is 0. The topological polar surface area (TPSA) is 48.0 Å². The largest absolute Gasteiger partial charge is 0.327 e. The lowest BCUT2D eigenvalue weighted by Crippen LogP contribution is -2.31. The molecule has 108 valence electrons. The van der Waals surface area contributed by atoms with E-state index in [2.05, 4.69) is 25.1 Å². The van der Waals surface area contributed by atoms with E-state index in [1.54, 1.807) is 0 Å². The van der Waals surface area contributed by atoms with E-state index in [-0.39, 0.29) is 24.0 Å². The number of nitrogens with zero attached hydrogens (tertiary/aromatic N) is 1. The summed E-state index contributed by atoms with van der Waals surface area (Å²) in [6.07, 6.45) is 3.70. The van der Waals surface area contributed by atoms with Crippen LogP contribution in [0.4, 0.5) is 0 Å². The van der Waals surface area contributed by atoms with Gasteiger partial charge in [0.25, 0.3) is 5.56 Å². The van der Waals surface area contributed by atoms with Crippen LogP contribution in [0.15, 0.2) is 29.1 Å². The highest BCUT2D eigenvalue weighted by Crippen LogP contribution is 2.24. The maximum absolute atomic E-state index is 12.6. The van der Waals surface area contributed by atoms with Crippen molar-refractivity contribution >= 4 is 23.3 Å². The Morgan fingerprint density at radius 2 is 2.20 bits per heavy atom. The standard InChI is InChI=1S/C16H20N2O.ClH/c1-2-14(17)10-13-9-12-6-3-5-11-7-4-8-18(15(11)12)16(13)19;/h3,5-6,9,14H,2,4,7-8,10,17H2,1H3;1H. The van der Waals surface area contributed by atoms with Gasteiger partial charge in [0.05, 0.1) is 5.52 Å². The maximum atomic E-state index is 12.6. The van der Waals surface area contributed by atoms with Crippen LogP contribution in [0.5, 0.6) is 0 Å². The summed E-state index contributed by atoms with van der Waals surface area (Å²) < 4.78 is 1.95. The molecule has 1 atom stereocenters. The molecule has 2 N–H and O–H groups in total. The fraction of sp³-hybridized carbons (Fsp3) is 0.438. The monoisotopic (exact) mass is 292 g/mol. The molecule has 0 saturated heterocycles. The van der Waals surface area contributed by atoms with Gasteiger partial charge in [-0.15, -0.1) is 12.4 Å². The second kappa shape index (κ2) is 5.98. The molecule has 2 aromatic rings. The highest BCUT2D eigenvalue weighted by atomic mass is 35.5. The number of benzene rings is 1. The second-order valence-corrected chi connectivity index (χ2v) is 5.46. The molecule has 3 rings (SSSR count). The summed E-state index contributed by atoms with van der Waals surface area (Å²) in [6.45, 7) is 2.90. The average molecular weight is 293 g/mol. The van der Waals surface area contributed by atoms with Gasteiger partial charge in [0, 0.05) is 18.2 Å². The van der Waals surface area contributed by atoms with Crippen molar-refractivity contribution in [2.45, 2.75) is 45.2 Å². The van der Waals surface area contributed by atoms with Gasteiger partial charge in [0.15, 0.2) is 0 Å². The lowest BCUT2D eigenvalue weighted by Gasteiger charge is -2.21. The maximum Gasteiger partial charge on any atom is 0.254 e. The molecule has 0 bridgehead atoms. The number of aromatic nitrogens is 1. The van der Waals surface area contributed by atoms with Crippen LogP contribution in [-0.4, -0.2) is 10.6 Å². The Morgan fingerprint density at radius 3 is 2.95 bits per heavy atom. The summed E-state index contributed by atoms with van der Waals surface area (Å²) >= 11 is 0. The van der Waals surface area contributed by atoms with Crippen LogP contribution in [0.2, 0.25) is 0 Å². The average Bonchev–Trinajstić information content (AvgIpc) is 2.44. The van der Waals surface area contributed by atoms with Crippen LogP contribution in [0.1, 0.15) is 30.9 Å². The Hall–Kier alpha value is -1.32. The molecule has 3 nitrogen and oxygen atoms in total. The molecule has 1 aromatic heterocycles. The van der Waals surface area contributed by atoms with Crippen molar-refractivity contribution in [3.05, 3.63) is 45.7 Å². The van der Waals surface area contributed by atoms with Crippen molar-refractivity contribution in [2.75, 3.05) is 0 Å². The third kappa shape index (κ3) is 2.48. The normalized spacial score (nSPS) is 14.9. The van der Waals surface area contributed by atoms with Crippen LogP contribution < -0.4 is 11.3 Å². The number of hydrogen-bond donors (Lipinski definition) is 1. The first-order valence-electron chi connectivity index (χ1n) is 7.10. The first kappa shape index (κ1) is 15.1. The molecule has 2 heterocycles. The molecule has 1 unspecified atom stereocenters. The van der Waals surface area contributed by atoms with Crippen LogP contribution >= 0.6 is 12.4 Å². The van der Waals surface area contributed by atoms with E-state index in [0.29, 0.717) is 6.42 Å². The molecular formula is C16H21ClN2O. The number of rotatable bonds is 3. The van der Waals surface area contributed by atoms with E-state index < -0.39 is 0 Å². The Balaban J connectivity index is 0.00000147. The highest BCUT2D eigenvalue weighted by molar-refractivity contribution is 5.85. The van der Waals surface area contributed by atoms with Crippen molar-refractivity contribution in [3.63, 3.8) is 0 Å². The smallest absolute Gasteiger partial charge is 0.254 e. The van der Waals surface area contributed by atoms with E-state index in [1.165, 1.54) is 10.9 Å². The molecule has 0 amide bonds. The molecule has 0 fully saturated rings. The fourth-order valence-electron chi connectivity index (χ4n) is 3.00. The van der Waals surface area contributed by atoms with Crippen LogP contribution in [0, 0.1) is 0 Å². The number of nitrogens with two attached hydrogens (primary N) is 1.